The van der Waals surface area contributed by atoms with Crippen molar-refractivity contribution < 1.29 is 14.3 Å². The molecule has 0 radical (unpaired) electrons. The average molecular weight is 266 g/mol. The van der Waals surface area contributed by atoms with Crippen LogP contribution in [0.5, 0.6) is 5.75 Å². The van der Waals surface area contributed by atoms with Crippen LogP contribution >= 0.6 is 11.8 Å². The maximum atomic E-state index is 11.3. The van der Waals surface area contributed by atoms with E-state index in [-0.39, 0.29) is 16.9 Å². The van der Waals surface area contributed by atoms with Gasteiger partial charge in [0, 0.05) is 18.3 Å². The highest BCUT2D eigenvalue weighted by atomic mass is 32.2. The molecule has 1 fully saturated rings. The molecule has 2 N–H and O–H groups in total. The van der Waals surface area contributed by atoms with Crippen LogP contribution in [0.2, 0.25) is 0 Å². The van der Waals surface area contributed by atoms with Crippen LogP contribution in [0.4, 0.5) is 10.5 Å². The molecule has 1 saturated heterocycles. The Morgan fingerprint density at radius 2 is 2.22 bits per heavy atom. The molecule has 2 amide bonds. The molecule has 1 aliphatic heterocycles. The summed E-state index contributed by atoms with van der Waals surface area (Å²) in [6.45, 7) is 0.859. The molecule has 0 spiro atoms. The van der Waals surface area contributed by atoms with Crippen molar-refractivity contribution in [2.45, 2.75) is 6.42 Å². The maximum absolute atomic E-state index is 11.3. The molecule has 0 aliphatic carbocycles. The number of imide groups is 1. The lowest BCUT2D eigenvalue weighted by molar-refractivity contribution is -0.124. The van der Waals surface area contributed by atoms with Crippen molar-refractivity contribution in [2.75, 3.05) is 24.6 Å². The largest absolute Gasteiger partial charge is 0.493 e. The van der Waals surface area contributed by atoms with E-state index in [9.17, 15) is 9.59 Å². The second-order valence-corrected chi connectivity index (χ2v) is 4.80. The van der Waals surface area contributed by atoms with E-state index in [0.717, 1.165) is 11.8 Å². The van der Waals surface area contributed by atoms with E-state index in [4.69, 9.17) is 10.5 Å². The number of benzene rings is 1. The lowest BCUT2D eigenvalue weighted by atomic mass is 10.3. The zero-order valence-electron chi connectivity index (χ0n) is 9.80. The fourth-order valence-corrected chi connectivity index (χ4v) is 2.37. The summed E-state index contributed by atoms with van der Waals surface area (Å²) in [5.74, 6) is 0.840. The summed E-state index contributed by atoms with van der Waals surface area (Å²) in [4.78, 5) is 23.9. The van der Waals surface area contributed by atoms with Gasteiger partial charge in [-0.15, -0.1) is 0 Å². The Morgan fingerprint density at radius 1 is 1.39 bits per heavy atom. The lowest BCUT2D eigenvalue weighted by Gasteiger charge is -2.12. The second kappa shape index (κ2) is 5.77. The highest BCUT2D eigenvalue weighted by Gasteiger charge is 2.28. The van der Waals surface area contributed by atoms with Crippen molar-refractivity contribution in [1.29, 1.82) is 0 Å². The number of nitrogens with two attached hydrogens (primary N) is 1. The topological polar surface area (TPSA) is 72.6 Å². The fraction of sp³-hybridized carbons (Fsp3) is 0.333. The van der Waals surface area contributed by atoms with Gasteiger partial charge in [0.15, 0.2) is 0 Å². The molecule has 1 aromatic carbocycles. The van der Waals surface area contributed by atoms with Gasteiger partial charge < -0.3 is 10.5 Å². The molecule has 0 aromatic heterocycles. The van der Waals surface area contributed by atoms with E-state index in [1.165, 1.54) is 4.90 Å². The molecule has 1 aliphatic rings. The minimum absolute atomic E-state index is 0.117. The first-order valence-corrected chi connectivity index (χ1v) is 6.61. The van der Waals surface area contributed by atoms with Crippen molar-refractivity contribution in [1.82, 2.24) is 4.90 Å². The number of thioether (sulfide) groups is 1. The minimum atomic E-state index is -0.163. The summed E-state index contributed by atoms with van der Waals surface area (Å²) in [6.07, 6.45) is 0.618. The number of hydrogen-bond donors (Lipinski definition) is 1. The van der Waals surface area contributed by atoms with Crippen LogP contribution in [0.15, 0.2) is 24.3 Å². The first kappa shape index (κ1) is 12.8. The summed E-state index contributed by atoms with van der Waals surface area (Å²) >= 11 is 1.05. The number of carbonyl (C=O) groups is 2. The van der Waals surface area contributed by atoms with Crippen LogP contribution in [0.1, 0.15) is 6.42 Å². The Bertz CT molecular complexity index is 448. The van der Waals surface area contributed by atoms with E-state index < -0.39 is 0 Å². The SMILES string of the molecule is Nc1cccc(OCCCN2C(=O)CSC2=O)c1. The molecule has 1 aromatic rings. The molecule has 0 bridgehead atoms. The van der Waals surface area contributed by atoms with Gasteiger partial charge in [0.1, 0.15) is 5.75 Å². The monoisotopic (exact) mass is 266 g/mol. The third kappa shape index (κ3) is 3.16. The van der Waals surface area contributed by atoms with Crippen molar-refractivity contribution in [3.05, 3.63) is 24.3 Å². The summed E-state index contributed by atoms with van der Waals surface area (Å²) in [6, 6.07) is 7.15. The zero-order chi connectivity index (χ0) is 13.0. The average Bonchev–Trinajstić information content (AvgIpc) is 2.66. The van der Waals surface area contributed by atoms with E-state index in [1.807, 2.05) is 12.1 Å². The Labute approximate surface area is 109 Å². The highest BCUT2D eigenvalue weighted by Crippen LogP contribution is 2.19. The van der Waals surface area contributed by atoms with E-state index in [0.29, 0.717) is 31.0 Å². The molecule has 5 nitrogen and oxygen atoms in total. The van der Waals surface area contributed by atoms with E-state index >= 15 is 0 Å². The number of nitrogen functional groups attached to an aromatic ring is 1. The van der Waals surface area contributed by atoms with Gasteiger partial charge in [-0.2, -0.15) is 0 Å². The Hall–Kier alpha value is -1.69. The van der Waals surface area contributed by atoms with Crippen LogP contribution in [-0.2, 0) is 4.79 Å². The standard InChI is InChI=1S/C12H14N2O3S/c13-9-3-1-4-10(7-9)17-6-2-5-14-11(15)8-18-12(14)16/h1,3-4,7H,2,5-6,8,13H2. The van der Waals surface area contributed by atoms with Crippen molar-refractivity contribution in [2.24, 2.45) is 0 Å². The number of anilines is 1. The van der Waals surface area contributed by atoms with Gasteiger partial charge in [-0.3, -0.25) is 14.5 Å². The molecule has 96 valence electrons. The van der Waals surface area contributed by atoms with Crippen LogP contribution < -0.4 is 10.5 Å². The normalized spacial score (nSPS) is 15.2. The van der Waals surface area contributed by atoms with Gasteiger partial charge in [0.2, 0.25) is 5.91 Å². The van der Waals surface area contributed by atoms with Crippen molar-refractivity contribution in [3.8, 4) is 5.75 Å². The second-order valence-electron chi connectivity index (χ2n) is 3.87. The Balaban J connectivity index is 1.73. The number of hydrogen-bond acceptors (Lipinski definition) is 5. The first-order chi connectivity index (χ1) is 8.66. The Kier molecular flexibility index (Phi) is 4.09. The van der Waals surface area contributed by atoms with Gasteiger partial charge in [0.25, 0.3) is 5.24 Å². The summed E-state index contributed by atoms with van der Waals surface area (Å²) in [5.41, 5.74) is 6.27. The third-order valence-corrected chi connectivity index (χ3v) is 3.35. The van der Waals surface area contributed by atoms with Gasteiger partial charge in [0.05, 0.1) is 12.4 Å². The number of ether oxygens (including phenoxy) is 1. The van der Waals surface area contributed by atoms with Crippen LogP contribution in [-0.4, -0.2) is 35.0 Å². The molecule has 0 saturated carbocycles. The van der Waals surface area contributed by atoms with Gasteiger partial charge in [-0.1, -0.05) is 17.8 Å². The summed E-state index contributed by atoms with van der Waals surface area (Å²) in [7, 11) is 0. The predicted octanol–water partition coefficient (Wildman–Crippen LogP) is 1.73. The lowest BCUT2D eigenvalue weighted by Crippen LogP contribution is -2.30. The fourth-order valence-electron chi connectivity index (χ4n) is 1.61. The Morgan fingerprint density at radius 3 is 2.89 bits per heavy atom. The maximum Gasteiger partial charge on any atom is 0.288 e. The number of rotatable bonds is 5. The molecule has 0 unspecified atom stereocenters. The first-order valence-electron chi connectivity index (χ1n) is 5.62. The highest BCUT2D eigenvalue weighted by molar-refractivity contribution is 8.14. The molecule has 6 heteroatoms. The smallest absolute Gasteiger partial charge is 0.288 e. The van der Waals surface area contributed by atoms with Gasteiger partial charge in [-0.25, -0.2) is 0 Å². The molecule has 18 heavy (non-hydrogen) atoms. The number of carbonyl (C=O) groups excluding carboxylic acids is 2. The molecular weight excluding hydrogens is 252 g/mol. The molecule has 0 atom stereocenters. The van der Waals surface area contributed by atoms with E-state index in [2.05, 4.69) is 0 Å². The summed E-state index contributed by atoms with van der Waals surface area (Å²) < 4.78 is 5.48. The van der Waals surface area contributed by atoms with Crippen LogP contribution in [0.25, 0.3) is 0 Å². The molecular formula is C12H14N2O3S. The van der Waals surface area contributed by atoms with Crippen LogP contribution in [0, 0.1) is 0 Å². The third-order valence-electron chi connectivity index (χ3n) is 2.49. The zero-order valence-corrected chi connectivity index (χ0v) is 10.6. The van der Waals surface area contributed by atoms with Crippen molar-refractivity contribution >= 4 is 28.6 Å². The van der Waals surface area contributed by atoms with E-state index in [1.54, 1.807) is 12.1 Å². The minimum Gasteiger partial charge on any atom is -0.493 e. The number of nitrogens with zero attached hydrogens (tertiary/aromatic N) is 1. The summed E-state index contributed by atoms with van der Waals surface area (Å²) in [5, 5.41) is -0.163. The van der Waals surface area contributed by atoms with Crippen LogP contribution in [0.3, 0.4) is 0 Å². The predicted molar refractivity (Wildman–Crippen MR) is 70.5 cm³/mol. The number of amides is 2. The molecule has 2 rings (SSSR count). The van der Waals surface area contributed by atoms with Gasteiger partial charge >= 0.3 is 0 Å². The van der Waals surface area contributed by atoms with Gasteiger partial charge in [-0.05, 0) is 18.6 Å². The molecule has 1 heterocycles. The van der Waals surface area contributed by atoms with Crippen molar-refractivity contribution in [3.63, 3.8) is 0 Å². The quantitative estimate of drug-likeness (QED) is 0.649.